The molecule has 0 aromatic carbocycles. The molecule has 0 spiro atoms. The minimum absolute atomic E-state index is 0.0310. The number of nitrogens with zero attached hydrogens (tertiary/aromatic N) is 2. The standard InChI is InChI=1S/C31H45N3O7S/c1-19(2)28-21(4)12-13-25(37)32-14-8-10-20(3)16-22(35)17-23(36)18-26-33-27(31(40-26)42(5,6)7)29(38)34-15-9-11-24(34)30(39)41-28/h8,10,12-13,16,19,21-22,24,28,35H,9,11,14-15,17-18H2,1-7H3,(H,32,37)/b10-8?,13-12+,20-16?. The third-order valence-corrected chi connectivity index (χ3v) is 8.57. The summed E-state index contributed by atoms with van der Waals surface area (Å²) < 4.78 is 12.0. The first-order valence-electron chi connectivity index (χ1n) is 14.4. The first-order chi connectivity index (χ1) is 19.7. The number of carbonyl (C=O) groups is 4. The van der Waals surface area contributed by atoms with Gasteiger partial charge in [-0.15, -0.1) is 0 Å². The molecule has 1 aromatic heterocycles. The van der Waals surface area contributed by atoms with Crippen molar-refractivity contribution in [2.45, 2.75) is 76.7 Å². The summed E-state index contributed by atoms with van der Waals surface area (Å²) in [7, 11) is -1.57. The number of carbonyl (C=O) groups excluding carboxylic acids is 4. The van der Waals surface area contributed by atoms with Crippen LogP contribution in [0.1, 0.15) is 63.3 Å². The van der Waals surface area contributed by atoms with Gasteiger partial charge in [-0.2, -0.15) is 10.0 Å². The summed E-state index contributed by atoms with van der Waals surface area (Å²) in [5, 5.41) is 13.6. The Hall–Kier alpha value is -3.18. The van der Waals surface area contributed by atoms with Gasteiger partial charge in [0.05, 0.1) is 12.5 Å². The molecule has 3 rings (SSSR count). The number of aliphatic hydroxyl groups is 1. The highest BCUT2D eigenvalue weighted by Crippen LogP contribution is 2.48. The van der Waals surface area contributed by atoms with E-state index in [1.54, 1.807) is 31.2 Å². The first kappa shape index (κ1) is 33.3. The normalized spacial score (nSPS) is 26.9. The molecule has 2 amide bonds. The highest BCUT2D eigenvalue weighted by molar-refractivity contribution is 8.32. The zero-order chi connectivity index (χ0) is 31.2. The van der Waals surface area contributed by atoms with Gasteiger partial charge in [0.2, 0.25) is 11.8 Å². The number of fused-ring (bicyclic) bond motifs is 3. The minimum atomic E-state index is -1.57. The Morgan fingerprint density at radius 3 is 2.52 bits per heavy atom. The number of aliphatic hydroxyl groups excluding tert-OH is 1. The molecule has 0 radical (unpaired) electrons. The van der Waals surface area contributed by atoms with E-state index in [1.807, 2.05) is 39.5 Å². The molecule has 11 heteroatoms. The van der Waals surface area contributed by atoms with Gasteiger partial charge in [-0.25, -0.2) is 9.78 Å². The Labute approximate surface area is 250 Å². The number of aromatic nitrogens is 1. The average molecular weight is 604 g/mol. The Morgan fingerprint density at radius 2 is 1.86 bits per heavy atom. The zero-order valence-electron chi connectivity index (χ0n) is 25.7. The van der Waals surface area contributed by atoms with Crippen LogP contribution in [-0.4, -0.2) is 88.7 Å². The summed E-state index contributed by atoms with van der Waals surface area (Å²) in [5.41, 5.74) is 0.846. The number of oxazole rings is 1. The second-order valence-corrected chi connectivity index (χ2v) is 16.2. The largest absolute Gasteiger partial charge is 0.460 e. The molecule has 2 aliphatic heterocycles. The maximum atomic E-state index is 13.8. The molecule has 1 aromatic rings. The Kier molecular flexibility index (Phi) is 11.4. The highest BCUT2D eigenvalue weighted by atomic mass is 32.3. The molecule has 232 valence electrons. The molecule has 0 aliphatic carbocycles. The topological polar surface area (TPSA) is 139 Å². The second-order valence-electron chi connectivity index (χ2n) is 12.1. The summed E-state index contributed by atoms with van der Waals surface area (Å²) in [6.07, 6.45) is 13.4. The van der Waals surface area contributed by atoms with Gasteiger partial charge in [0.1, 0.15) is 17.9 Å². The van der Waals surface area contributed by atoms with Gasteiger partial charge in [0.25, 0.3) is 5.91 Å². The lowest BCUT2D eigenvalue weighted by Crippen LogP contribution is -2.44. The molecule has 10 nitrogen and oxygen atoms in total. The van der Waals surface area contributed by atoms with Crippen LogP contribution in [0.3, 0.4) is 0 Å². The average Bonchev–Trinajstić information content (AvgIpc) is 3.54. The third-order valence-electron chi connectivity index (χ3n) is 7.18. The molecule has 2 aliphatic rings. The second kappa shape index (κ2) is 14.3. The molecule has 3 heterocycles. The van der Waals surface area contributed by atoms with Crippen molar-refractivity contribution in [1.29, 1.82) is 0 Å². The lowest BCUT2D eigenvalue weighted by atomic mass is 9.94. The van der Waals surface area contributed by atoms with Crippen molar-refractivity contribution in [3.63, 3.8) is 0 Å². The van der Waals surface area contributed by atoms with Crippen LogP contribution in [-0.2, 0) is 25.5 Å². The number of cyclic esters (lactones) is 1. The zero-order valence-corrected chi connectivity index (χ0v) is 26.5. The van der Waals surface area contributed by atoms with E-state index in [9.17, 15) is 24.3 Å². The number of Topliss-reactive ketones (excluding diaryl/α,β-unsaturated/α-hetero) is 1. The molecule has 4 atom stereocenters. The predicted octanol–water partition coefficient (Wildman–Crippen LogP) is 3.59. The van der Waals surface area contributed by atoms with E-state index in [2.05, 4.69) is 10.3 Å². The molecule has 4 unspecified atom stereocenters. The van der Waals surface area contributed by atoms with Crippen molar-refractivity contribution in [1.82, 2.24) is 15.2 Å². The maximum absolute atomic E-state index is 13.8. The van der Waals surface area contributed by atoms with Crippen molar-refractivity contribution in [2.75, 3.05) is 31.9 Å². The van der Waals surface area contributed by atoms with E-state index in [-0.39, 0.29) is 54.5 Å². The SMILES string of the molecule is CC1=CC(O)CC(=O)Cc2nc(c(S(C)(C)C)o2)C(=O)N2CCCC2C(=O)OC(C(C)C)C(C)/C=C/C(=O)NCC=C1. The van der Waals surface area contributed by atoms with E-state index in [0.717, 1.165) is 5.57 Å². The number of hydrogen-bond acceptors (Lipinski definition) is 8. The Bertz CT molecular complexity index is 1260. The van der Waals surface area contributed by atoms with Crippen molar-refractivity contribution in [3.8, 4) is 0 Å². The fraction of sp³-hybridized carbons (Fsp3) is 0.581. The Morgan fingerprint density at radius 1 is 1.14 bits per heavy atom. The quantitative estimate of drug-likeness (QED) is 0.489. The van der Waals surface area contributed by atoms with Crippen LogP contribution in [0.25, 0.3) is 0 Å². The molecular weight excluding hydrogens is 558 g/mol. The number of rotatable bonds is 2. The lowest BCUT2D eigenvalue weighted by molar-refractivity contribution is -0.158. The number of amides is 2. The highest BCUT2D eigenvalue weighted by Gasteiger charge is 2.40. The van der Waals surface area contributed by atoms with Crippen LogP contribution in [0.5, 0.6) is 0 Å². The summed E-state index contributed by atoms with van der Waals surface area (Å²) in [6.45, 7) is 8.21. The van der Waals surface area contributed by atoms with E-state index in [4.69, 9.17) is 9.15 Å². The summed E-state index contributed by atoms with van der Waals surface area (Å²) in [6, 6.07) is -0.776. The molecule has 42 heavy (non-hydrogen) atoms. The minimum Gasteiger partial charge on any atom is -0.460 e. The van der Waals surface area contributed by atoms with E-state index >= 15 is 0 Å². The van der Waals surface area contributed by atoms with Crippen LogP contribution in [0.4, 0.5) is 0 Å². The first-order valence-corrected chi connectivity index (χ1v) is 17.2. The number of hydrogen-bond donors (Lipinski definition) is 2. The number of ether oxygens (including phenoxy) is 1. The van der Waals surface area contributed by atoms with Gasteiger partial charge >= 0.3 is 5.97 Å². The monoisotopic (exact) mass is 603 g/mol. The van der Waals surface area contributed by atoms with Gasteiger partial charge in [-0.1, -0.05) is 50.6 Å². The van der Waals surface area contributed by atoms with Gasteiger partial charge < -0.3 is 24.5 Å². The molecule has 2 N–H and O–H groups in total. The smallest absolute Gasteiger partial charge is 0.329 e. The van der Waals surface area contributed by atoms with Crippen LogP contribution >= 0.6 is 10.0 Å². The van der Waals surface area contributed by atoms with Gasteiger partial charge in [-0.05, 0) is 50.5 Å². The predicted molar refractivity (Wildman–Crippen MR) is 162 cm³/mol. The molecule has 2 bridgehead atoms. The van der Waals surface area contributed by atoms with Crippen LogP contribution < -0.4 is 5.32 Å². The van der Waals surface area contributed by atoms with E-state index < -0.39 is 40.2 Å². The van der Waals surface area contributed by atoms with E-state index in [1.165, 1.54) is 11.0 Å². The third kappa shape index (κ3) is 8.91. The molecule has 1 saturated heterocycles. The van der Waals surface area contributed by atoms with Crippen LogP contribution in [0, 0.1) is 11.8 Å². The fourth-order valence-electron chi connectivity index (χ4n) is 5.13. The Balaban J connectivity index is 1.98. The summed E-state index contributed by atoms with van der Waals surface area (Å²) in [5.74, 6) is -1.67. The van der Waals surface area contributed by atoms with Crippen LogP contribution in [0.15, 0.2) is 45.5 Å². The molecular formula is C31H45N3O7S. The van der Waals surface area contributed by atoms with Gasteiger partial charge in [-0.3, -0.25) is 14.4 Å². The fourth-order valence-corrected chi connectivity index (χ4v) is 6.19. The number of nitrogens with one attached hydrogen (secondary N) is 1. The van der Waals surface area contributed by atoms with Gasteiger partial charge in [0, 0.05) is 25.4 Å². The number of allylic oxidation sites excluding steroid dienone is 2. The number of ketones is 1. The van der Waals surface area contributed by atoms with Crippen LogP contribution in [0.2, 0.25) is 0 Å². The molecule has 1 fully saturated rings. The number of esters is 1. The van der Waals surface area contributed by atoms with E-state index in [0.29, 0.717) is 24.5 Å². The molecule has 0 saturated carbocycles. The van der Waals surface area contributed by atoms with Gasteiger partial charge in [0.15, 0.2) is 10.8 Å². The van der Waals surface area contributed by atoms with Crippen molar-refractivity contribution in [2.24, 2.45) is 11.8 Å². The summed E-state index contributed by atoms with van der Waals surface area (Å²) in [4.78, 5) is 58.4. The lowest BCUT2D eigenvalue weighted by Gasteiger charge is -2.30. The van der Waals surface area contributed by atoms with Crippen molar-refractivity contribution < 1.29 is 33.4 Å². The summed E-state index contributed by atoms with van der Waals surface area (Å²) >= 11 is 0. The van der Waals surface area contributed by atoms with Crippen molar-refractivity contribution in [3.05, 3.63) is 47.5 Å². The maximum Gasteiger partial charge on any atom is 0.329 e. The van der Waals surface area contributed by atoms with Crippen molar-refractivity contribution >= 4 is 33.6 Å².